The Hall–Kier alpha value is -3.48. The van der Waals surface area contributed by atoms with Gasteiger partial charge >= 0.3 is 6.03 Å². The maximum atomic E-state index is 12.1. The number of pyridine rings is 1. The van der Waals surface area contributed by atoms with Crippen molar-refractivity contribution in [3.63, 3.8) is 0 Å². The number of aryl methyl sites for hydroxylation is 1. The Kier molecular flexibility index (Phi) is 5.14. The van der Waals surface area contributed by atoms with Crippen molar-refractivity contribution in [1.29, 1.82) is 0 Å². The molecule has 2 N–H and O–H groups in total. The third-order valence-electron chi connectivity index (χ3n) is 4.59. The van der Waals surface area contributed by atoms with Crippen LogP contribution in [-0.2, 0) is 6.42 Å². The molecule has 0 bridgehead atoms. The van der Waals surface area contributed by atoms with E-state index in [1.807, 2.05) is 42.5 Å². The van der Waals surface area contributed by atoms with Crippen molar-refractivity contribution >= 4 is 23.2 Å². The van der Waals surface area contributed by atoms with Crippen LogP contribution in [0.3, 0.4) is 0 Å². The maximum Gasteiger partial charge on any atom is 0.321 e. The molecule has 0 aliphatic carbocycles. The van der Waals surface area contributed by atoms with Gasteiger partial charge in [-0.15, -0.1) is 0 Å². The Labute approximate surface area is 163 Å². The van der Waals surface area contributed by atoms with E-state index >= 15 is 0 Å². The minimum Gasteiger partial charge on any atom is -0.340 e. The molecule has 0 unspecified atom stereocenters. The van der Waals surface area contributed by atoms with Crippen LogP contribution in [0.5, 0.6) is 0 Å². The number of hydrogen-bond donors (Lipinski definition) is 2. The van der Waals surface area contributed by atoms with Crippen LogP contribution in [0.25, 0.3) is 11.4 Å². The smallest absolute Gasteiger partial charge is 0.321 e. The molecule has 2 aromatic heterocycles. The Bertz CT molecular complexity index is 976. The van der Waals surface area contributed by atoms with Gasteiger partial charge in [-0.05, 0) is 43.2 Å². The number of anilines is 3. The number of carbonyl (C=O) groups excluding carboxylic acids is 1. The number of nitrogens with zero attached hydrogens (tertiary/aromatic N) is 4. The predicted octanol–water partition coefficient (Wildman–Crippen LogP) is 3.76. The Morgan fingerprint density at radius 2 is 2.00 bits per heavy atom. The summed E-state index contributed by atoms with van der Waals surface area (Å²) in [7, 11) is 0. The van der Waals surface area contributed by atoms with Gasteiger partial charge < -0.3 is 10.6 Å². The molecular weight excluding hydrogens is 352 g/mol. The van der Waals surface area contributed by atoms with Gasteiger partial charge in [-0.3, -0.25) is 9.88 Å². The van der Waals surface area contributed by atoms with Gasteiger partial charge in [0.2, 0.25) is 0 Å². The standard InChI is InChI=1S/C21H22N6O/c1-2-16-14-19(26-20(25-16)15-7-10-22-11-8-15)24-17-5-3-6-18(13-17)27-12-4-9-23-21(27)28/h3,5-8,10-11,13-14H,2,4,9,12H2,1H3,(H,23,28)(H,24,25,26). The number of carbonyl (C=O) groups is 1. The lowest BCUT2D eigenvalue weighted by Gasteiger charge is -2.27. The third kappa shape index (κ3) is 3.93. The van der Waals surface area contributed by atoms with Gasteiger partial charge in [0.15, 0.2) is 5.82 Å². The number of nitrogens with one attached hydrogen (secondary N) is 2. The van der Waals surface area contributed by atoms with Crippen LogP contribution in [0.1, 0.15) is 19.0 Å². The molecule has 1 aliphatic rings. The fraction of sp³-hybridized carbons (Fsp3) is 0.238. The molecule has 0 atom stereocenters. The summed E-state index contributed by atoms with van der Waals surface area (Å²) in [5, 5.41) is 6.24. The molecule has 3 heterocycles. The highest BCUT2D eigenvalue weighted by Gasteiger charge is 2.19. The second-order valence-electron chi connectivity index (χ2n) is 6.57. The predicted molar refractivity (Wildman–Crippen MR) is 110 cm³/mol. The molecule has 142 valence electrons. The fourth-order valence-electron chi connectivity index (χ4n) is 3.15. The third-order valence-corrected chi connectivity index (χ3v) is 4.59. The molecule has 1 fully saturated rings. The summed E-state index contributed by atoms with van der Waals surface area (Å²) < 4.78 is 0. The molecule has 28 heavy (non-hydrogen) atoms. The number of hydrogen-bond acceptors (Lipinski definition) is 5. The summed E-state index contributed by atoms with van der Waals surface area (Å²) in [5.41, 5.74) is 3.61. The van der Waals surface area contributed by atoms with E-state index in [0.29, 0.717) is 5.82 Å². The summed E-state index contributed by atoms with van der Waals surface area (Å²) in [6, 6.07) is 13.5. The first-order valence-electron chi connectivity index (χ1n) is 9.44. The van der Waals surface area contributed by atoms with Gasteiger partial charge in [-0.1, -0.05) is 13.0 Å². The van der Waals surface area contributed by atoms with Crippen LogP contribution in [-0.4, -0.2) is 34.1 Å². The zero-order chi connectivity index (χ0) is 19.3. The van der Waals surface area contributed by atoms with Crippen molar-refractivity contribution in [2.75, 3.05) is 23.3 Å². The molecule has 1 saturated heterocycles. The lowest BCUT2D eigenvalue weighted by atomic mass is 10.2. The Balaban J connectivity index is 1.62. The van der Waals surface area contributed by atoms with Gasteiger partial charge in [0.1, 0.15) is 5.82 Å². The van der Waals surface area contributed by atoms with E-state index in [2.05, 4.69) is 32.5 Å². The molecule has 0 saturated carbocycles. The van der Waals surface area contributed by atoms with E-state index in [9.17, 15) is 4.79 Å². The molecule has 0 radical (unpaired) electrons. The van der Waals surface area contributed by atoms with E-state index in [1.165, 1.54) is 0 Å². The number of amides is 2. The van der Waals surface area contributed by atoms with Crippen molar-refractivity contribution in [2.45, 2.75) is 19.8 Å². The van der Waals surface area contributed by atoms with Crippen molar-refractivity contribution < 1.29 is 4.79 Å². The van der Waals surface area contributed by atoms with Crippen LogP contribution in [0.15, 0.2) is 54.9 Å². The molecule has 4 rings (SSSR count). The first kappa shape index (κ1) is 17.9. The molecule has 1 aromatic carbocycles. The normalized spacial score (nSPS) is 13.9. The van der Waals surface area contributed by atoms with Crippen molar-refractivity contribution in [1.82, 2.24) is 20.3 Å². The van der Waals surface area contributed by atoms with E-state index < -0.39 is 0 Å². The average molecular weight is 374 g/mol. The van der Waals surface area contributed by atoms with Crippen LogP contribution in [0, 0.1) is 0 Å². The summed E-state index contributed by atoms with van der Waals surface area (Å²) in [6.45, 7) is 3.51. The molecule has 1 aliphatic heterocycles. The minimum atomic E-state index is -0.0568. The van der Waals surface area contributed by atoms with Gasteiger partial charge in [-0.2, -0.15) is 0 Å². The number of rotatable bonds is 5. The van der Waals surface area contributed by atoms with Crippen LogP contribution >= 0.6 is 0 Å². The van der Waals surface area contributed by atoms with Gasteiger partial charge in [-0.25, -0.2) is 14.8 Å². The first-order chi connectivity index (χ1) is 13.7. The Morgan fingerprint density at radius 1 is 1.14 bits per heavy atom. The lowest BCUT2D eigenvalue weighted by Crippen LogP contribution is -2.46. The molecular formula is C21H22N6O. The van der Waals surface area contributed by atoms with E-state index in [4.69, 9.17) is 0 Å². The van der Waals surface area contributed by atoms with Crippen molar-refractivity contribution in [2.24, 2.45) is 0 Å². The topological polar surface area (TPSA) is 83.0 Å². The van der Waals surface area contributed by atoms with Gasteiger partial charge in [0.05, 0.1) is 0 Å². The van der Waals surface area contributed by atoms with Gasteiger partial charge in [0.25, 0.3) is 0 Å². The van der Waals surface area contributed by atoms with E-state index in [-0.39, 0.29) is 6.03 Å². The van der Waals surface area contributed by atoms with E-state index in [0.717, 1.165) is 54.4 Å². The maximum absolute atomic E-state index is 12.1. The summed E-state index contributed by atoms with van der Waals surface area (Å²) in [4.78, 5) is 27.2. The average Bonchev–Trinajstić information content (AvgIpc) is 2.74. The monoisotopic (exact) mass is 374 g/mol. The molecule has 7 heteroatoms. The first-order valence-corrected chi connectivity index (χ1v) is 9.44. The van der Waals surface area contributed by atoms with Crippen LogP contribution < -0.4 is 15.5 Å². The quantitative estimate of drug-likeness (QED) is 0.710. The molecule has 0 spiro atoms. The number of benzene rings is 1. The van der Waals surface area contributed by atoms with Crippen LogP contribution in [0.2, 0.25) is 0 Å². The molecule has 3 aromatic rings. The summed E-state index contributed by atoms with van der Waals surface area (Å²) in [6.07, 6.45) is 5.21. The minimum absolute atomic E-state index is 0.0568. The summed E-state index contributed by atoms with van der Waals surface area (Å²) >= 11 is 0. The number of urea groups is 1. The second kappa shape index (κ2) is 8.04. The Morgan fingerprint density at radius 3 is 2.79 bits per heavy atom. The van der Waals surface area contributed by atoms with Gasteiger partial charge in [0, 0.05) is 54.2 Å². The number of aromatic nitrogens is 3. The van der Waals surface area contributed by atoms with E-state index in [1.54, 1.807) is 17.3 Å². The lowest BCUT2D eigenvalue weighted by molar-refractivity contribution is 0.243. The highest BCUT2D eigenvalue weighted by atomic mass is 16.2. The fourth-order valence-corrected chi connectivity index (χ4v) is 3.15. The SMILES string of the molecule is CCc1cc(Nc2cccc(N3CCCNC3=O)c2)nc(-c2ccncc2)n1. The van der Waals surface area contributed by atoms with Crippen LogP contribution in [0.4, 0.5) is 22.0 Å². The van der Waals surface area contributed by atoms with Crippen molar-refractivity contribution in [3.8, 4) is 11.4 Å². The largest absolute Gasteiger partial charge is 0.340 e. The highest BCUT2D eigenvalue weighted by molar-refractivity contribution is 5.93. The summed E-state index contributed by atoms with van der Waals surface area (Å²) in [5.74, 6) is 1.38. The molecule has 7 nitrogen and oxygen atoms in total. The highest BCUT2D eigenvalue weighted by Crippen LogP contribution is 2.25. The van der Waals surface area contributed by atoms with Crippen molar-refractivity contribution in [3.05, 3.63) is 60.6 Å². The second-order valence-corrected chi connectivity index (χ2v) is 6.57. The zero-order valence-electron chi connectivity index (χ0n) is 15.7. The zero-order valence-corrected chi connectivity index (χ0v) is 15.7. The molecule has 2 amide bonds.